The molecule has 4 nitrogen and oxygen atoms in total. The van der Waals surface area contributed by atoms with E-state index in [-0.39, 0.29) is 6.42 Å². The first-order valence-electron chi connectivity index (χ1n) is 6.00. The van der Waals surface area contributed by atoms with E-state index < -0.39 is 5.97 Å². The number of carboxylic acid groups (broad SMARTS) is 1. The maximum Gasteiger partial charge on any atom is 0.303 e. The molecule has 0 saturated carbocycles. The molecule has 1 aromatic carbocycles. The van der Waals surface area contributed by atoms with Crippen LogP contribution in [0, 0.1) is 5.21 Å². The molecule has 2 rings (SSSR count). The molecule has 0 atom stereocenters. The van der Waals surface area contributed by atoms with Gasteiger partial charge in [-0.05, 0) is 18.9 Å². The fourth-order valence-corrected chi connectivity index (χ4v) is 2.98. The van der Waals surface area contributed by atoms with Crippen LogP contribution in [0.1, 0.15) is 30.7 Å². The number of carboxylic acids is 1. The Bertz CT molecular complexity index is 550. The Morgan fingerprint density at radius 1 is 1.28 bits per heavy atom. The van der Waals surface area contributed by atoms with Crippen LogP contribution in [0.4, 0.5) is 0 Å². The summed E-state index contributed by atoms with van der Waals surface area (Å²) in [6, 6.07) is 7.56. The van der Waals surface area contributed by atoms with Crippen molar-refractivity contribution in [1.29, 1.82) is 0 Å². The molecule has 0 unspecified atom stereocenters. The molecule has 1 N–H and O–H groups in total. The first-order chi connectivity index (χ1) is 8.68. The van der Waals surface area contributed by atoms with Gasteiger partial charge in [0, 0.05) is 18.9 Å². The van der Waals surface area contributed by atoms with Gasteiger partial charge in [0.05, 0.1) is 0 Å². The number of benzene rings is 1. The second-order valence-electron chi connectivity index (χ2n) is 4.21. The summed E-state index contributed by atoms with van der Waals surface area (Å²) in [6.45, 7) is 0. The van der Waals surface area contributed by atoms with E-state index in [1.165, 1.54) is 11.3 Å². The second kappa shape index (κ2) is 5.82. The van der Waals surface area contributed by atoms with Crippen molar-refractivity contribution < 1.29 is 14.6 Å². The molecule has 0 aliphatic heterocycles. The van der Waals surface area contributed by atoms with Crippen LogP contribution in [-0.2, 0) is 11.2 Å². The highest BCUT2D eigenvalue weighted by molar-refractivity contribution is 7.18. The zero-order chi connectivity index (χ0) is 13.0. The fourth-order valence-electron chi connectivity index (χ4n) is 1.90. The molecule has 0 amide bonds. The SMILES string of the molecule is O=C(O)CCCCCc1sc2ccccc2[n+]1[O-]. The molecule has 0 bridgehead atoms. The van der Waals surface area contributed by atoms with Crippen LogP contribution in [0.3, 0.4) is 0 Å². The van der Waals surface area contributed by atoms with E-state index in [1.807, 2.05) is 24.3 Å². The van der Waals surface area contributed by atoms with Crippen molar-refractivity contribution in [3.05, 3.63) is 34.5 Å². The van der Waals surface area contributed by atoms with Gasteiger partial charge in [-0.15, -0.1) is 0 Å². The van der Waals surface area contributed by atoms with Crippen molar-refractivity contribution in [2.45, 2.75) is 32.1 Å². The summed E-state index contributed by atoms with van der Waals surface area (Å²) in [6.07, 6.45) is 3.33. The van der Waals surface area contributed by atoms with Gasteiger partial charge >= 0.3 is 5.97 Å². The maximum absolute atomic E-state index is 11.9. The van der Waals surface area contributed by atoms with Crippen molar-refractivity contribution in [3.63, 3.8) is 0 Å². The van der Waals surface area contributed by atoms with Crippen LogP contribution in [0.2, 0.25) is 0 Å². The summed E-state index contributed by atoms with van der Waals surface area (Å²) in [5.41, 5.74) is 0.725. The zero-order valence-electron chi connectivity index (χ0n) is 9.96. The highest BCUT2D eigenvalue weighted by atomic mass is 32.1. The summed E-state index contributed by atoms with van der Waals surface area (Å²) in [5.74, 6) is -0.754. The fraction of sp³-hybridized carbons (Fsp3) is 0.385. The van der Waals surface area contributed by atoms with E-state index in [0.29, 0.717) is 6.42 Å². The number of thiazole rings is 1. The van der Waals surface area contributed by atoms with Crippen LogP contribution in [0.25, 0.3) is 10.2 Å². The number of para-hydroxylation sites is 1. The van der Waals surface area contributed by atoms with E-state index >= 15 is 0 Å². The van der Waals surface area contributed by atoms with Gasteiger partial charge in [0.25, 0.3) is 0 Å². The molecule has 0 aliphatic rings. The lowest BCUT2D eigenvalue weighted by Gasteiger charge is -1.99. The lowest BCUT2D eigenvalue weighted by Crippen LogP contribution is -2.28. The summed E-state index contributed by atoms with van der Waals surface area (Å²) >= 11 is 1.52. The van der Waals surface area contributed by atoms with Crippen molar-refractivity contribution >= 4 is 27.5 Å². The number of carbonyl (C=O) groups is 1. The normalized spacial score (nSPS) is 10.9. The molecule has 0 spiro atoms. The molecule has 1 heterocycles. The smallest absolute Gasteiger partial charge is 0.303 e. The minimum absolute atomic E-state index is 0.212. The van der Waals surface area contributed by atoms with Gasteiger partial charge < -0.3 is 10.3 Å². The number of nitrogens with zero attached hydrogens (tertiary/aromatic N) is 1. The van der Waals surface area contributed by atoms with Crippen molar-refractivity contribution in [2.24, 2.45) is 0 Å². The van der Waals surface area contributed by atoms with Crippen molar-refractivity contribution in [3.8, 4) is 0 Å². The Kier molecular flexibility index (Phi) is 4.15. The number of aliphatic carboxylic acids is 1. The molecule has 2 aromatic rings. The van der Waals surface area contributed by atoms with Gasteiger partial charge in [0.15, 0.2) is 0 Å². The highest BCUT2D eigenvalue weighted by Gasteiger charge is 2.14. The Balaban J connectivity index is 1.91. The Morgan fingerprint density at radius 2 is 2.06 bits per heavy atom. The molecule has 0 saturated heterocycles. The number of unbranched alkanes of at least 4 members (excludes halogenated alkanes) is 2. The third-order valence-electron chi connectivity index (χ3n) is 2.82. The summed E-state index contributed by atoms with van der Waals surface area (Å²) < 4.78 is 2.00. The quantitative estimate of drug-likeness (QED) is 0.496. The number of hydrogen-bond donors (Lipinski definition) is 1. The summed E-state index contributed by atoms with van der Waals surface area (Å²) in [4.78, 5) is 10.4. The molecule has 5 heteroatoms. The topological polar surface area (TPSA) is 64.2 Å². The van der Waals surface area contributed by atoms with Crippen LogP contribution in [0.15, 0.2) is 24.3 Å². The third-order valence-corrected chi connectivity index (χ3v) is 3.99. The number of aromatic nitrogens is 1. The lowest BCUT2D eigenvalue weighted by molar-refractivity contribution is -0.580. The van der Waals surface area contributed by atoms with E-state index in [0.717, 1.165) is 39.2 Å². The molecule has 1 aromatic heterocycles. The van der Waals surface area contributed by atoms with Crippen LogP contribution in [-0.4, -0.2) is 11.1 Å². The predicted octanol–water partition coefficient (Wildman–Crippen LogP) is 2.72. The molecule has 0 radical (unpaired) electrons. The van der Waals surface area contributed by atoms with E-state index in [2.05, 4.69) is 0 Å². The largest absolute Gasteiger partial charge is 0.617 e. The van der Waals surface area contributed by atoms with Crippen LogP contribution < -0.4 is 4.73 Å². The number of aryl methyl sites for hydroxylation is 1. The number of fused-ring (bicyclic) bond motifs is 1. The van der Waals surface area contributed by atoms with Gasteiger partial charge in [0.1, 0.15) is 4.70 Å². The van der Waals surface area contributed by atoms with Crippen molar-refractivity contribution in [2.75, 3.05) is 0 Å². The van der Waals surface area contributed by atoms with E-state index in [1.54, 1.807) is 0 Å². The summed E-state index contributed by atoms with van der Waals surface area (Å²) in [5, 5.41) is 21.3. The van der Waals surface area contributed by atoms with Gasteiger partial charge in [-0.1, -0.05) is 29.9 Å². The Hall–Kier alpha value is -1.62. The molecule has 0 aliphatic carbocycles. The number of rotatable bonds is 6. The van der Waals surface area contributed by atoms with Gasteiger partial charge in [0.2, 0.25) is 10.5 Å². The zero-order valence-corrected chi connectivity index (χ0v) is 10.8. The predicted molar refractivity (Wildman–Crippen MR) is 70.6 cm³/mol. The molecule has 0 fully saturated rings. The van der Waals surface area contributed by atoms with Gasteiger partial charge in [-0.2, -0.15) is 4.73 Å². The summed E-state index contributed by atoms with van der Waals surface area (Å²) in [7, 11) is 0. The van der Waals surface area contributed by atoms with Gasteiger partial charge in [-0.3, -0.25) is 4.79 Å². The van der Waals surface area contributed by atoms with Crippen molar-refractivity contribution in [1.82, 2.24) is 0 Å². The standard InChI is InChI=1S/C13H15NO3S/c15-13(16)9-3-1-2-8-12-14(17)10-6-4-5-7-11(10)18-12/h4-7H,1-3,8-9H2,(H,15,16). The minimum atomic E-state index is -0.754. The van der Waals surface area contributed by atoms with Crippen LogP contribution in [0.5, 0.6) is 0 Å². The highest BCUT2D eigenvalue weighted by Crippen LogP contribution is 2.21. The monoisotopic (exact) mass is 265 g/mol. The first kappa shape index (κ1) is 12.8. The molecular formula is C13H15NO3S. The Labute approximate surface area is 109 Å². The third kappa shape index (κ3) is 2.98. The molecule has 96 valence electrons. The van der Waals surface area contributed by atoms with Crippen LogP contribution >= 0.6 is 11.3 Å². The van der Waals surface area contributed by atoms with E-state index in [4.69, 9.17) is 5.11 Å². The maximum atomic E-state index is 11.9. The number of hydrogen-bond acceptors (Lipinski definition) is 3. The first-order valence-corrected chi connectivity index (χ1v) is 6.82. The van der Waals surface area contributed by atoms with E-state index in [9.17, 15) is 10.0 Å². The second-order valence-corrected chi connectivity index (χ2v) is 5.33. The lowest BCUT2D eigenvalue weighted by atomic mass is 10.1. The molecule has 18 heavy (non-hydrogen) atoms. The molecular weight excluding hydrogens is 250 g/mol. The van der Waals surface area contributed by atoms with Gasteiger partial charge in [-0.25, -0.2) is 0 Å². The average Bonchev–Trinajstić information content (AvgIpc) is 2.66. The minimum Gasteiger partial charge on any atom is -0.617 e. The Morgan fingerprint density at radius 3 is 2.78 bits per heavy atom. The average molecular weight is 265 g/mol.